The number of nitrogen functional groups attached to an aromatic ring is 1. The standard InChI is InChI=1S/C15H15BrN2O2/c1-9-7-10(16)3-6-14(9)18-15(19)12-5-4-11(20-2)8-13(12)17/h3-8H,17H2,1-2H3,(H,18,19). The van der Waals surface area contributed by atoms with Crippen molar-refractivity contribution in [3.63, 3.8) is 0 Å². The SMILES string of the molecule is COc1ccc(C(=O)Nc2ccc(Br)cc2C)c(N)c1. The number of carbonyl (C=O) groups excluding carboxylic acids is 1. The fourth-order valence-corrected chi connectivity index (χ4v) is 2.31. The van der Waals surface area contributed by atoms with Gasteiger partial charge in [0.25, 0.3) is 5.91 Å². The molecule has 0 saturated heterocycles. The summed E-state index contributed by atoms with van der Waals surface area (Å²) in [5, 5.41) is 2.85. The van der Waals surface area contributed by atoms with Crippen LogP contribution in [0.1, 0.15) is 15.9 Å². The van der Waals surface area contributed by atoms with Gasteiger partial charge in [-0.3, -0.25) is 4.79 Å². The molecular weight excluding hydrogens is 320 g/mol. The third-order valence-corrected chi connectivity index (χ3v) is 3.43. The Bertz CT molecular complexity index is 656. The van der Waals surface area contributed by atoms with E-state index in [0.717, 1.165) is 15.7 Å². The maximum absolute atomic E-state index is 12.2. The van der Waals surface area contributed by atoms with Crippen LogP contribution in [0.15, 0.2) is 40.9 Å². The molecular formula is C15H15BrN2O2. The van der Waals surface area contributed by atoms with Gasteiger partial charge in [0.1, 0.15) is 5.75 Å². The summed E-state index contributed by atoms with van der Waals surface area (Å²) in [4.78, 5) is 12.2. The first-order valence-electron chi connectivity index (χ1n) is 6.02. The van der Waals surface area contributed by atoms with Crippen molar-refractivity contribution < 1.29 is 9.53 Å². The van der Waals surface area contributed by atoms with Crippen LogP contribution in [0, 0.1) is 6.92 Å². The summed E-state index contributed by atoms with van der Waals surface area (Å²) in [7, 11) is 1.56. The van der Waals surface area contributed by atoms with Gasteiger partial charge in [-0.05, 0) is 42.8 Å². The van der Waals surface area contributed by atoms with Crippen LogP contribution in [-0.2, 0) is 0 Å². The number of anilines is 2. The van der Waals surface area contributed by atoms with Crippen LogP contribution in [0.4, 0.5) is 11.4 Å². The third-order valence-electron chi connectivity index (χ3n) is 2.94. The molecule has 0 aliphatic rings. The number of rotatable bonds is 3. The van der Waals surface area contributed by atoms with E-state index in [2.05, 4.69) is 21.2 Å². The molecule has 2 aromatic carbocycles. The minimum atomic E-state index is -0.240. The predicted molar refractivity (Wildman–Crippen MR) is 84.2 cm³/mol. The van der Waals surface area contributed by atoms with E-state index in [1.165, 1.54) is 0 Å². The molecule has 4 nitrogen and oxygen atoms in total. The van der Waals surface area contributed by atoms with E-state index in [4.69, 9.17) is 10.5 Å². The monoisotopic (exact) mass is 334 g/mol. The first kappa shape index (κ1) is 14.4. The molecule has 1 amide bonds. The lowest BCUT2D eigenvalue weighted by Crippen LogP contribution is -2.14. The maximum Gasteiger partial charge on any atom is 0.257 e. The second-order valence-corrected chi connectivity index (χ2v) is 5.28. The summed E-state index contributed by atoms with van der Waals surface area (Å²) in [5.74, 6) is 0.384. The normalized spacial score (nSPS) is 10.2. The summed E-state index contributed by atoms with van der Waals surface area (Å²) < 4.78 is 6.03. The highest BCUT2D eigenvalue weighted by Crippen LogP contribution is 2.23. The molecule has 0 saturated carbocycles. The number of halogens is 1. The number of aryl methyl sites for hydroxylation is 1. The minimum absolute atomic E-state index is 0.240. The minimum Gasteiger partial charge on any atom is -0.497 e. The average molecular weight is 335 g/mol. The van der Waals surface area contributed by atoms with E-state index in [-0.39, 0.29) is 5.91 Å². The molecule has 0 aliphatic heterocycles. The first-order chi connectivity index (χ1) is 9.51. The van der Waals surface area contributed by atoms with E-state index in [1.54, 1.807) is 25.3 Å². The molecule has 0 aliphatic carbocycles. The first-order valence-corrected chi connectivity index (χ1v) is 6.81. The van der Waals surface area contributed by atoms with E-state index in [1.807, 2.05) is 25.1 Å². The Balaban J connectivity index is 2.24. The molecule has 2 rings (SSSR count). The van der Waals surface area contributed by atoms with Crippen molar-refractivity contribution in [3.05, 3.63) is 52.0 Å². The van der Waals surface area contributed by atoms with Crippen molar-refractivity contribution in [2.75, 3.05) is 18.2 Å². The third kappa shape index (κ3) is 3.11. The van der Waals surface area contributed by atoms with Crippen LogP contribution in [-0.4, -0.2) is 13.0 Å². The molecule has 0 spiro atoms. The van der Waals surface area contributed by atoms with Gasteiger partial charge in [0.2, 0.25) is 0 Å². The van der Waals surface area contributed by atoms with Crippen molar-refractivity contribution in [2.24, 2.45) is 0 Å². The molecule has 3 N–H and O–H groups in total. The Kier molecular flexibility index (Phi) is 4.29. The Morgan fingerprint density at radius 3 is 2.60 bits per heavy atom. The zero-order valence-corrected chi connectivity index (χ0v) is 12.8. The molecule has 2 aromatic rings. The molecule has 20 heavy (non-hydrogen) atoms. The topological polar surface area (TPSA) is 64.3 Å². The van der Waals surface area contributed by atoms with Gasteiger partial charge >= 0.3 is 0 Å². The number of amides is 1. The Morgan fingerprint density at radius 1 is 1.25 bits per heavy atom. The van der Waals surface area contributed by atoms with Crippen molar-refractivity contribution >= 4 is 33.2 Å². The molecule has 0 bridgehead atoms. The van der Waals surface area contributed by atoms with Crippen LogP contribution in [0.3, 0.4) is 0 Å². The molecule has 0 atom stereocenters. The number of carbonyl (C=O) groups is 1. The number of hydrogen-bond acceptors (Lipinski definition) is 3. The molecule has 0 heterocycles. The lowest BCUT2D eigenvalue weighted by Gasteiger charge is -2.11. The fourth-order valence-electron chi connectivity index (χ4n) is 1.83. The van der Waals surface area contributed by atoms with Crippen LogP contribution < -0.4 is 15.8 Å². The molecule has 0 fully saturated rings. The Morgan fingerprint density at radius 2 is 2.00 bits per heavy atom. The summed E-state index contributed by atoms with van der Waals surface area (Å²) in [5.41, 5.74) is 8.41. The van der Waals surface area contributed by atoms with Crippen LogP contribution in [0.25, 0.3) is 0 Å². The van der Waals surface area contributed by atoms with E-state index in [9.17, 15) is 4.79 Å². The molecule has 0 unspecified atom stereocenters. The van der Waals surface area contributed by atoms with Gasteiger partial charge < -0.3 is 15.8 Å². The van der Waals surface area contributed by atoms with Gasteiger partial charge in [-0.2, -0.15) is 0 Å². The van der Waals surface area contributed by atoms with Crippen molar-refractivity contribution in [2.45, 2.75) is 6.92 Å². The summed E-state index contributed by atoms with van der Waals surface area (Å²) >= 11 is 3.39. The Hall–Kier alpha value is -2.01. The summed E-state index contributed by atoms with van der Waals surface area (Å²) in [6.45, 7) is 1.93. The second kappa shape index (κ2) is 5.96. The van der Waals surface area contributed by atoms with Crippen molar-refractivity contribution in [1.82, 2.24) is 0 Å². The van der Waals surface area contributed by atoms with Crippen LogP contribution >= 0.6 is 15.9 Å². The molecule has 0 radical (unpaired) electrons. The lowest BCUT2D eigenvalue weighted by molar-refractivity contribution is 0.102. The fraction of sp³-hybridized carbons (Fsp3) is 0.133. The average Bonchev–Trinajstić information content (AvgIpc) is 2.41. The maximum atomic E-state index is 12.2. The summed E-state index contributed by atoms with van der Waals surface area (Å²) in [6, 6.07) is 10.6. The summed E-state index contributed by atoms with van der Waals surface area (Å²) in [6.07, 6.45) is 0. The van der Waals surface area contributed by atoms with Gasteiger partial charge in [-0.15, -0.1) is 0 Å². The van der Waals surface area contributed by atoms with Crippen molar-refractivity contribution in [1.29, 1.82) is 0 Å². The lowest BCUT2D eigenvalue weighted by atomic mass is 10.1. The molecule has 5 heteroatoms. The zero-order chi connectivity index (χ0) is 14.7. The number of methoxy groups -OCH3 is 1. The number of nitrogens with two attached hydrogens (primary N) is 1. The number of hydrogen-bond donors (Lipinski definition) is 2. The van der Waals surface area contributed by atoms with E-state index >= 15 is 0 Å². The highest BCUT2D eigenvalue weighted by atomic mass is 79.9. The predicted octanol–water partition coefficient (Wildman–Crippen LogP) is 3.60. The van der Waals surface area contributed by atoms with Gasteiger partial charge in [-0.1, -0.05) is 15.9 Å². The van der Waals surface area contributed by atoms with Gasteiger partial charge in [-0.25, -0.2) is 0 Å². The number of benzene rings is 2. The van der Waals surface area contributed by atoms with E-state index in [0.29, 0.717) is 17.0 Å². The number of ether oxygens (including phenoxy) is 1. The van der Waals surface area contributed by atoms with Gasteiger partial charge in [0.05, 0.1) is 12.7 Å². The highest BCUT2D eigenvalue weighted by molar-refractivity contribution is 9.10. The highest BCUT2D eigenvalue weighted by Gasteiger charge is 2.12. The quantitative estimate of drug-likeness (QED) is 0.843. The molecule has 0 aromatic heterocycles. The van der Waals surface area contributed by atoms with Crippen molar-refractivity contribution in [3.8, 4) is 5.75 Å². The van der Waals surface area contributed by atoms with E-state index < -0.39 is 0 Å². The molecule has 104 valence electrons. The number of nitrogens with one attached hydrogen (secondary N) is 1. The Labute approximate surface area is 126 Å². The zero-order valence-electron chi connectivity index (χ0n) is 11.2. The van der Waals surface area contributed by atoms with Gasteiger partial charge in [0, 0.05) is 21.9 Å². The van der Waals surface area contributed by atoms with Gasteiger partial charge in [0.15, 0.2) is 0 Å². The smallest absolute Gasteiger partial charge is 0.257 e. The largest absolute Gasteiger partial charge is 0.497 e. The van der Waals surface area contributed by atoms with Crippen LogP contribution in [0.2, 0.25) is 0 Å². The second-order valence-electron chi connectivity index (χ2n) is 4.37. The van der Waals surface area contributed by atoms with Crippen LogP contribution in [0.5, 0.6) is 5.75 Å².